The van der Waals surface area contributed by atoms with Crippen molar-refractivity contribution in [2.24, 2.45) is 11.7 Å². The first-order chi connectivity index (χ1) is 9.26. The quantitative estimate of drug-likeness (QED) is 0.901. The maximum absolute atomic E-state index is 8.81. The number of nitriles is 1. The highest BCUT2D eigenvalue weighted by atomic mass is 15.2. The third-order valence-electron chi connectivity index (χ3n) is 4.26. The monoisotopic (exact) mass is 257 g/mol. The predicted octanol–water partition coefficient (Wildman–Crippen LogP) is 2.51. The molecular formula is C16H23N3. The van der Waals surface area contributed by atoms with Gasteiger partial charge in [0.25, 0.3) is 0 Å². The molecule has 3 heteroatoms. The number of hydrogen-bond donors (Lipinski definition) is 1. The molecule has 0 radical (unpaired) electrons. The molecular weight excluding hydrogens is 234 g/mol. The highest BCUT2D eigenvalue weighted by Crippen LogP contribution is 2.26. The van der Waals surface area contributed by atoms with Gasteiger partial charge in [0.1, 0.15) is 0 Å². The van der Waals surface area contributed by atoms with Crippen LogP contribution in [-0.2, 0) is 6.54 Å². The van der Waals surface area contributed by atoms with Gasteiger partial charge in [-0.05, 0) is 43.0 Å². The minimum absolute atomic E-state index is 0.509. The van der Waals surface area contributed by atoms with E-state index in [0.29, 0.717) is 6.04 Å². The van der Waals surface area contributed by atoms with Gasteiger partial charge >= 0.3 is 0 Å². The van der Waals surface area contributed by atoms with Gasteiger partial charge in [-0.25, -0.2) is 0 Å². The molecule has 1 fully saturated rings. The van der Waals surface area contributed by atoms with Gasteiger partial charge in [0.15, 0.2) is 0 Å². The van der Waals surface area contributed by atoms with Crippen LogP contribution in [0.2, 0.25) is 0 Å². The third kappa shape index (κ3) is 3.56. The molecule has 1 aromatic carbocycles. The van der Waals surface area contributed by atoms with Gasteiger partial charge in [-0.3, -0.25) is 4.90 Å². The summed E-state index contributed by atoms with van der Waals surface area (Å²) in [5.41, 5.74) is 7.92. The molecule has 19 heavy (non-hydrogen) atoms. The molecule has 3 nitrogen and oxygen atoms in total. The van der Waals surface area contributed by atoms with Crippen molar-refractivity contribution in [2.75, 3.05) is 13.1 Å². The molecule has 1 aliphatic heterocycles. The summed E-state index contributed by atoms with van der Waals surface area (Å²) >= 11 is 0. The summed E-state index contributed by atoms with van der Waals surface area (Å²) < 4.78 is 0. The van der Waals surface area contributed by atoms with Crippen molar-refractivity contribution in [3.63, 3.8) is 0 Å². The molecule has 0 spiro atoms. The maximum Gasteiger partial charge on any atom is 0.0991 e. The molecule has 1 heterocycles. The van der Waals surface area contributed by atoms with Crippen LogP contribution >= 0.6 is 0 Å². The van der Waals surface area contributed by atoms with Gasteiger partial charge in [-0.1, -0.05) is 25.5 Å². The van der Waals surface area contributed by atoms with E-state index in [9.17, 15) is 0 Å². The van der Waals surface area contributed by atoms with Crippen LogP contribution < -0.4 is 5.73 Å². The first-order valence-electron chi connectivity index (χ1n) is 7.20. The summed E-state index contributed by atoms with van der Waals surface area (Å²) in [6.45, 7) is 5.10. The lowest BCUT2D eigenvalue weighted by atomic mass is 9.88. The van der Waals surface area contributed by atoms with E-state index in [1.807, 2.05) is 12.1 Å². The summed E-state index contributed by atoms with van der Waals surface area (Å²) in [7, 11) is 0. The summed E-state index contributed by atoms with van der Waals surface area (Å²) in [4.78, 5) is 2.49. The van der Waals surface area contributed by atoms with Crippen LogP contribution in [-0.4, -0.2) is 24.0 Å². The molecule has 2 atom stereocenters. The van der Waals surface area contributed by atoms with E-state index in [1.54, 1.807) is 0 Å². The second-order valence-electron chi connectivity index (χ2n) is 5.47. The zero-order valence-electron chi connectivity index (χ0n) is 11.7. The minimum atomic E-state index is 0.509. The molecule has 102 valence electrons. The summed E-state index contributed by atoms with van der Waals surface area (Å²) in [6, 6.07) is 10.6. The molecule has 0 aromatic heterocycles. The minimum Gasteiger partial charge on any atom is -0.329 e. The topological polar surface area (TPSA) is 53.0 Å². The summed E-state index contributed by atoms with van der Waals surface area (Å²) in [5, 5.41) is 8.81. The van der Waals surface area contributed by atoms with Crippen molar-refractivity contribution < 1.29 is 0 Å². The lowest BCUT2D eigenvalue weighted by Gasteiger charge is -2.38. The molecule has 0 aliphatic carbocycles. The first kappa shape index (κ1) is 14.0. The molecule has 2 rings (SSSR count). The first-order valence-corrected chi connectivity index (χ1v) is 7.20. The largest absolute Gasteiger partial charge is 0.329 e. The second kappa shape index (κ2) is 6.70. The van der Waals surface area contributed by atoms with Crippen LogP contribution in [0.5, 0.6) is 0 Å². The van der Waals surface area contributed by atoms with Crippen molar-refractivity contribution >= 4 is 0 Å². The van der Waals surface area contributed by atoms with E-state index in [0.717, 1.165) is 31.1 Å². The zero-order chi connectivity index (χ0) is 13.7. The Morgan fingerprint density at radius 2 is 2.11 bits per heavy atom. The van der Waals surface area contributed by atoms with E-state index in [4.69, 9.17) is 11.0 Å². The Kier molecular flexibility index (Phi) is 4.95. The molecule has 1 aliphatic rings. The summed E-state index contributed by atoms with van der Waals surface area (Å²) in [5.74, 6) is 0.839. The Balaban J connectivity index is 1.99. The highest BCUT2D eigenvalue weighted by Gasteiger charge is 2.26. The number of rotatable bonds is 4. The SMILES string of the molecule is CCC1CCN(Cc2ccc(C#N)cc2)C(CN)C1. The Morgan fingerprint density at radius 3 is 2.68 bits per heavy atom. The van der Waals surface area contributed by atoms with Crippen LogP contribution in [0, 0.1) is 17.2 Å². The molecule has 2 unspecified atom stereocenters. The van der Waals surface area contributed by atoms with Crippen molar-refractivity contribution in [3.05, 3.63) is 35.4 Å². The van der Waals surface area contributed by atoms with E-state index in [-0.39, 0.29) is 0 Å². The third-order valence-corrected chi connectivity index (χ3v) is 4.26. The molecule has 0 saturated carbocycles. The Bertz CT molecular complexity index is 432. The number of piperidine rings is 1. The van der Waals surface area contributed by atoms with Gasteiger partial charge in [-0.2, -0.15) is 5.26 Å². The molecule has 1 saturated heterocycles. The average molecular weight is 257 g/mol. The maximum atomic E-state index is 8.81. The molecule has 2 N–H and O–H groups in total. The van der Waals surface area contributed by atoms with Gasteiger partial charge in [0.2, 0.25) is 0 Å². The van der Waals surface area contributed by atoms with E-state index in [2.05, 4.69) is 30.0 Å². The smallest absolute Gasteiger partial charge is 0.0991 e. The van der Waals surface area contributed by atoms with Crippen molar-refractivity contribution in [1.29, 1.82) is 5.26 Å². The van der Waals surface area contributed by atoms with Gasteiger partial charge in [0.05, 0.1) is 11.6 Å². The van der Waals surface area contributed by atoms with E-state index < -0.39 is 0 Å². The number of likely N-dealkylation sites (tertiary alicyclic amines) is 1. The average Bonchev–Trinajstić information content (AvgIpc) is 2.48. The Hall–Kier alpha value is -1.37. The van der Waals surface area contributed by atoms with E-state index in [1.165, 1.54) is 24.8 Å². The fourth-order valence-electron chi connectivity index (χ4n) is 2.93. The van der Waals surface area contributed by atoms with Crippen LogP contribution in [0.25, 0.3) is 0 Å². The number of nitrogens with two attached hydrogens (primary N) is 1. The van der Waals surface area contributed by atoms with Crippen LogP contribution in [0.4, 0.5) is 0 Å². The normalized spacial score (nSPS) is 24.1. The summed E-state index contributed by atoms with van der Waals surface area (Å²) in [6.07, 6.45) is 3.77. The van der Waals surface area contributed by atoms with Crippen molar-refractivity contribution in [2.45, 2.75) is 38.8 Å². The number of hydrogen-bond acceptors (Lipinski definition) is 3. The Labute approximate surface area is 116 Å². The second-order valence-corrected chi connectivity index (χ2v) is 5.47. The zero-order valence-corrected chi connectivity index (χ0v) is 11.7. The standard InChI is InChI=1S/C16H23N3/c1-2-13-7-8-19(16(9-13)11-18)12-15-5-3-14(10-17)4-6-15/h3-6,13,16H,2,7-9,11-12,18H2,1H3. The fraction of sp³-hybridized carbons (Fsp3) is 0.562. The van der Waals surface area contributed by atoms with Crippen LogP contribution in [0.1, 0.15) is 37.3 Å². The highest BCUT2D eigenvalue weighted by molar-refractivity contribution is 5.31. The van der Waals surface area contributed by atoms with E-state index >= 15 is 0 Å². The lowest BCUT2D eigenvalue weighted by molar-refractivity contribution is 0.107. The molecule has 0 bridgehead atoms. The van der Waals surface area contributed by atoms with Crippen LogP contribution in [0.3, 0.4) is 0 Å². The molecule has 0 amide bonds. The Morgan fingerprint density at radius 1 is 1.37 bits per heavy atom. The van der Waals surface area contributed by atoms with Crippen molar-refractivity contribution in [3.8, 4) is 6.07 Å². The van der Waals surface area contributed by atoms with Gasteiger partial charge in [-0.15, -0.1) is 0 Å². The fourth-order valence-corrected chi connectivity index (χ4v) is 2.93. The van der Waals surface area contributed by atoms with Gasteiger partial charge in [0, 0.05) is 19.1 Å². The number of nitrogens with zero attached hydrogens (tertiary/aromatic N) is 2. The lowest BCUT2D eigenvalue weighted by Crippen LogP contribution is -2.45. The van der Waals surface area contributed by atoms with Crippen LogP contribution in [0.15, 0.2) is 24.3 Å². The van der Waals surface area contributed by atoms with Crippen molar-refractivity contribution in [1.82, 2.24) is 4.90 Å². The van der Waals surface area contributed by atoms with Gasteiger partial charge < -0.3 is 5.73 Å². The predicted molar refractivity (Wildman–Crippen MR) is 77.4 cm³/mol. The molecule has 1 aromatic rings. The number of benzene rings is 1.